The number of benzene rings is 6. The second-order valence-corrected chi connectivity index (χ2v) is 17.7. The van der Waals surface area contributed by atoms with Gasteiger partial charge in [-0.05, 0) is 49.6 Å². The van der Waals surface area contributed by atoms with E-state index >= 15 is 0 Å². The lowest BCUT2D eigenvalue weighted by Gasteiger charge is -2.46. The molecule has 0 aliphatic rings. The fourth-order valence-corrected chi connectivity index (χ4v) is 8.56. The lowest BCUT2D eigenvalue weighted by Crippen LogP contribution is -2.75. The minimum Gasteiger partial charge on any atom is -0.441 e. The summed E-state index contributed by atoms with van der Waals surface area (Å²) < 4.78 is 349. The van der Waals surface area contributed by atoms with Crippen molar-refractivity contribution in [3.8, 4) is 5.88 Å². The number of alkyl halides is 24. The van der Waals surface area contributed by atoms with Gasteiger partial charge in [-0.3, -0.25) is 0 Å². The van der Waals surface area contributed by atoms with E-state index in [1.54, 1.807) is 0 Å². The van der Waals surface area contributed by atoms with Crippen molar-refractivity contribution in [1.29, 1.82) is 0 Å². The maximum Gasteiger partial charge on any atom is 0.416 e. The molecular formula is C51H32BF24NO. The number of hydrogen-bond acceptors (Lipinski definition) is 1. The molecule has 6 aromatic carbocycles. The number of pyridine rings is 1. The zero-order chi connectivity index (χ0) is 58.6. The second-order valence-electron chi connectivity index (χ2n) is 17.7. The van der Waals surface area contributed by atoms with Gasteiger partial charge in [0.1, 0.15) is 6.15 Å². The van der Waals surface area contributed by atoms with Gasteiger partial charge in [0.15, 0.2) is 12.7 Å². The van der Waals surface area contributed by atoms with Crippen molar-refractivity contribution in [1.82, 2.24) is 0 Å². The van der Waals surface area contributed by atoms with Crippen LogP contribution in [-0.2, 0) is 56.0 Å². The molecule has 0 aliphatic carbocycles. The molecule has 0 bridgehead atoms. The molecule has 0 spiro atoms. The van der Waals surface area contributed by atoms with Crippen molar-refractivity contribution in [2.24, 2.45) is 0 Å². The summed E-state index contributed by atoms with van der Waals surface area (Å²) in [5.41, 5.74) is -28.9. The van der Waals surface area contributed by atoms with Crippen molar-refractivity contribution in [3.05, 3.63) is 190 Å². The Labute approximate surface area is 424 Å². The van der Waals surface area contributed by atoms with Gasteiger partial charge in [0, 0.05) is 11.6 Å². The van der Waals surface area contributed by atoms with Crippen molar-refractivity contribution in [2.75, 3.05) is 0 Å². The Morgan fingerprint density at radius 2 is 0.628 bits per heavy atom. The van der Waals surface area contributed by atoms with Crippen molar-refractivity contribution in [3.63, 3.8) is 0 Å². The van der Waals surface area contributed by atoms with E-state index in [0.717, 1.165) is 17.8 Å². The summed E-state index contributed by atoms with van der Waals surface area (Å²) in [5.74, 6) is 0.937. The molecule has 0 fully saturated rings. The van der Waals surface area contributed by atoms with E-state index < -0.39 is 195 Å². The van der Waals surface area contributed by atoms with E-state index in [-0.39, 0.29) is 6.10 Å². The van der Waals surface area contributed by atoms with Crippen molar-refractivity contribution >= 4 is 38.8 Å². The van der Waals surface area contributed by atoms with Crippen LogP contribution in [0.5, 0.6) is 5.88 Å². The van der Waals surface area contributed by atoms with Crippen LogP contribution in [0.2, 0.25) is 0 Å². The Morgan fingerprint density at radius 1 is 0.359 bits per heavy atom. The van der Waals surface area contributed by atoms with Crippen LogP contribution in [0, 0.1) is 0 Å². The highest BCUT2D eigenvalue weighted by molar-refractivity contribution is 7.20. The molecule has 1 heterocycles. The molecule has 0 atom stereocenters. The number of rotatable bonds is 8. The molecular weight excluding hydrogens is 1110 g/mol. The largest absolute Gasteiger partial charge is 0.441 e. The first-order valence-electron chi connectivity index (χ1n) is 22.0. The summed E-state index contributed by atoms with van der Waals surface area (Å²) in [7, 11) is 0. The first-order chi connectivity index (χ1) is 35.5. The van der Waals surface area contributed by atoms with Gasteiger partial charge in [0.2, 0.25) is 0 Å². The van der Waals surface area contributed by atoms with Gasteiger partial charge < -0.3 is 4.74 Å². The molecule has 7 aromatic rings. The molecule has 0 radical (unpaired) electrons. The topological polar surface area (TPSA) is 13.1 Å². The van der Waals surface area contributed by atoms with Crippen LogP contribution in [0.25, 0.3) is 10.8 Å². The quantitative estimate of drug-likeness (QED) is 0.0840. The number of halogens is 24. The average molecular weight is 1140 g/mol. The summed E-state index contributed by atoms with van der Waals surface area (Å²) in [6.45, 7) is 4.94. The molecule has 2 nitrogen and oxygen atoms in total. The smallest absolute Gasteiger partial charge is 0.416 e. The van der Waals surface area contributed by atoms with Crippen LogP contribution in [0.4, 0.5) is 105 Å². The summed E-state index contributed by atoms with van der Waals surface area (Å²) in [4.78, 5) is 0. The first kappa shape index (κ1) is 60.1. The summed E-state index contributed by atoms with van der Waals surface area (Å²) >= 11 is 0. The highest BCUT2D eigenvalue weighted by Crippen LogP contribution is 2.41. The van der Waals surface area contributed by atoms with Gasteiger partial charge in [-0.1, -0.05) is 97.1 Å². The van der Waals surface area contributed by atoms with Crippen LogP contribution in [-0.4, -0.2) is 12.2 Å². The SMILES string of the molecule is CC(C)Oc1c2ccccc2cc[n+]1Cc1ccccc1.FC(F)(F)c1cc([B-](c2cc(C(F)(F)F)cc(C(F)(F)F)c2)(c2cc(C(F)(F)F)cc(C(F)(F)F)c2)c2cc(C(F)(F)F)cc(C(F)(F)F)c2)cc(C(F)(F)F)c1. The van der Waals surface area contributed by atoms with Crippen LogP contribution in [0.3, 0.4) is 0 Å². The zero-order valence-electron chi connectivity index (χ0n) is 39.1. The summed E-state index contributed by atoms with van der Waals surface area (Å²) in [5, 5.41) is 2.36. The Morgan fingerprint density at radius 3 is 0.897 bits per heavy atom. The highest BCUT2D eigenvalue weighted by Gasteiger charge is 2.47. The number of ether oxygens (including phenoxy) is 1. The average Bonchev–Trinajstić information content (AvgIpc) is 3.30. The number of hydrogen-bond donors (Lipinski definition) is 0. The maximum atomic E-state index is 14.2. The molecule has 0 unspecified atom stereocenters. The molecule has 78 heavy (non-hydrogen) atoms. The molecule has 27 heteroatoms. The number of aromatic nitrogens is 1. The Kier molecular flexibility index (Phi) is 16.1. The Bertz CT molecular complexity index is 2830. The lowest BCUT2D eigenvalue weighted by molar-refractivity contribution is -0.692. The predicted octanol–water partition coefficient (Wildman–Crippen LogP) is 15.2. The molecule has 0 N–H and O–H groups in total. The third-order valence-corrected chi connectivity index (χ3v) is 11.9. The fourth-order valence-electron chi connectivity index (χ4n) is 8.56. The van der Waals surface area contributed by atoms with E-state index in [1.165, 1.54) is 10.9 Å². The predicted molar refractivity (Wildman–Crippen MR) is 236 cm³/mol. The third-order valence-electron chi connectivity index (χ3n) is 11.9. The molecule has 0 saturated heterocycles. The maximum absolute atomic E-state index is 14.2. The minimum absolute atomic E-state index is 0.151. The first-order valence-corrected chi connectivity index (χ1v) is 22.0. The Balaban J connectivity index is 0.000000387. The lowest BCUT2D eigenvalue weighted by atomic mass is 9.12. The van der Waals surface area contributed by atoms with Crippen molar-refractivity contribution < 1.29 is 115 Å². The van der Waals surface area contributed by atoms with E-state index in [2.05, 4.69) is 79.2 Å². The molecule has 7 rings (SSSR count). The number of nitrogens with zero attached hydrogens (tertiary/aromatic N) is 1. The van der Waals surface area contributed by atoms with Gasteiger partial charge >= 0.3 is 55.3 Å². The van der Waals surface area contributed by atoms with E-state index in [1.807, 2.05) is 6.07 Å². The van der Waals surface area contributed by atoms with Crippen molar-refractivity contribution in [2.45, 2.75) is 75.9 Å². The second kappa shape index (κ2) is 20.9. The standard InChI is InChI=1S/C32H12BF24.C19H20NO/c34-25(35,36)13-1-14(26(37,38)39)6-21(5-13)33(22-7-15(27(40,41)42)2-16(8-22)28(43,44)45,23-9-17(29(46,47)48)3-18(10-23)30(49,50)51)24-11-19(31(52,53)54)4-20(12-24)32(55,56)57;1-15(2)21-19-18-11-7-6-10-17(18)12-13-20(19)14-16-8-4-3-5-9-16/h1-12H;3-13,15H,14H2,1-2H3/q-1;+1. The van der Waals surface area contributed by atoms with Crippen LogP contribution < -0.4 is 31.2 Å². The molecule has 0 saturated carbocycles. The normalized spacial score (nSPS) is 13.4. The van der Waals surface area contributed by atoms with Crippen LogP contribution in [0.15, 0.2) is 140 Å². The van der Waals surface area contributed by atoms with Gasteiger partial charge in [-0.25, -0.2) is 0 Å². The van der Waals surface area contributed by atoms with Gasteiger partial charge in [0.05, 0.1) is 56.0 Å². The molecule has 0 amide bonds. The molecule has 0 aliphatic heterocycles. The molecule has 418 valence electrons. The van der Waals surface area contributed by atoms with Crippen LogP contribution in [0.1, 0.15) is 63.9 Å². The third kappa shape index (κ3) is 13.6. The summed E-state index contributed by atoms with van der Waals surface area (Å²) in [6, 6.07) is 12.2. The van der Waals surface area contributed by atoms with E-state index in [0.29, 0.717) is 0 Å². The Hall–Kier alpha value is -7.09. The number of fused-ring (bicyclic) bond motifs is 1. The fraction of sp³-hybridized carbons (Fsp3) is 0.235. The highest BCUT2D eigenvalue weighted by atomic mass is 19.4. The zero-order valence-corrected chi connectivity index (χ0v) is 39.1. The minimum atomic E-state index is -6.13. The molecule has 1 aromatic heterocycles. The van der Waals surface area contributed by atoms with Gasteiger partial charge in [0.25, 0.3) is 0 Å². The summed E-state index contributed by atoms with van der Waals surface area (Å²) in [6.07, 6.45) is -52.6. The van der Waals surface area contributed by atoms with E-state index in [4.69, 9.17) is 4.74 Å². The van der Waals surface area contributed by atoms with Gasteiger partial charge in [-0.15, -0.1) is 0 Å². The monoisotopic (exact) mass is 1140 g/mol. The van der Waals surface area contributed by atoms with E-state index in [9.17, 15) is 105 Å². The van der Waals surface area contributed by atoms with Crippen LogP contribution >= 0.6 is 0 Å². The van der Waals surface area contributed by atoms with Gasteiger partial charge in [-0.2, -0.15) is 132 Å².